The number of aliphatic hydroxyl groups excluding tert-OH is 1. The number of fused-ring (bicyclic) bond motifs is 3. The zero-order valence-corrected chi connectivity index (χ0v) is 19.8. The number of amides is 1. The van der Waals surface area contributed by atoms with Gasteiger partial charge >= 0.3 is 0 Å². The van der Waals surface area contributed by atoms with E-state index in [0.717, 1.165) is 37.7 Å². The summed E-state index contributed by atoms with van der Waals surface area (Å²) in [6.45, 7) is 1.08. The number of aliphatic hydroxyl groups is 1. The Morgan fingerprint density at radius 2 is 1.63 bits per heavy atom. The van der Waals surface area contributed by atoms with Crippen molar-refractivity contribution < 1.29 is 9.90 Å². The number of carbonyl (C=O) groups excluding carboxylic acids is 1. The first-order chi connectivity index (χ1) is 16.9. The second-order valence-corrected chi connectivity index (χ2v) is 11.6. The minimum Gasteiger partial charge on any atom is -0.391 e. The normalized spacial score (nSPS) is 33.4. The lowest BCUT2D eigenvalue weighted by molar-refractivity contribution is -0.120. The van der Waals surface area contributed by atoms with E-state index >= 15 is 0 Å². The number of β-amino-alcohol motifs (C(OH)–C–C–N with tert-alkyl or cyclic N) is 1. The smallest absolute Gasteiger partial charge is 0.233 e. The second kappa shape index (κ2) is 7.20. The summed E-state index contributed by atoms with van der Waals surface area (Å²) in [5, 5.41) is 21.6. The molecule has 0 unspecified atom stereocenters. The maximum Gasteiger partial charge on any atom is 0.233 e. The average molecular weight is 474 g/mol. The van der Waals surface area contributed by atoms with Gasteiger partial charge in [-0.05, 0) is 69.1 Å². The Bertz CT molecular complexity index is 1280. The number of nitrogen functional groups attached to an aromatic ring is 2. The van der Waals surface area contributed by atoms with Gasteiger partial charge in [-0.1, -0.05) is 0 Å². The predicted octanol–water partition coefficient (Wildman–Crippen LogP) is 2.48. The number of hydrogen-bond donors (Lipinski definition) is 3. The molecule has 2 aromatic heterocycles. The number of piperidine rings is 1. The van der Waals surface area contributed by atoms with Gasteiger partial charge in [-0.25, -0.2) is 9.97 Å². The van der Waals surface area contributed by atoms with Crippen LogP contribution in [-0.4, -0.2) is 45.7 Å². The molecule has 4 bridgehead atoms. The monoisotopic (exact) mass is 473 g/mol. The third-order valence-corrected chi connectivity index (χ3v) is 9.34. The van der Waals surface area contributed by atoms with Gasteiger partial charge in [-0.15, -0.1) is 0 Å². The molecular formula is C26H31N7O2. The molecule has 9 heteroatoms. The molecule has 182 valence electrons. The Labute approximate surface area is 204 Å². The van der Waals surface area contributed by atoms with Crippen LogP contribution < -0.4 is 21.3 Å². The molecule has 8 rings (SSSR count). The molecule has 2 aromatic rings. The Morgan fingerprint density at radius 1 is 1.00 bits per heavy atom. The van der Waals surface area contributed by atoms with Crippen LogP contribution >= 0.6 is 0 Å². The molecule has 4 heterocycles. The van der Waals surface area contributed by atoms with Crippen molar-refractivity contribution in [2.45, 2.75) is 69.4 Å². The van der Waals surface area contributed by atoms with Crippen LogP contribution in [0.3, 0.4) is 0 Å². The van der Waals surface area contributed by atoms with Gasteiger partial charge in [-0.2, -0.15) is 5.26 Å². The maximum absolute atomic E-state index is 13.7. The molecule has 5 fully saturated rings. The van der Waals surface area contributed by atoms with Crippen LogP contribution in [0.5, 0.6) is 0 Å². The van der Waals surface area contributed by atoms with E-state index in [-0.39, 0.29) is 29.5 Å². The lowest BCUT2D eigenvalue weighted by Crippen LogP contribution is -2.61. The first-order valence-electron chi connectivity index (χ1n) is 12.9. The highest BCUT2D eigenvalue weighted by atomic mass is 16.3. The summed E-state index contributed by atoms with van der Waals surface area (Å²) in [4.78, 5) is 26.9. The predicted molar refractivity (Wildman–Crippen MR) is 133 cm³/mol. The largest absolute Gasteiger partial charge is 0.391 e. The van der Waals surface area contributed by atoms with Crippen molar-refractivity contribution in [2.24, 2.45) is 17.8 Å². The zero-order valence-electron chi connectivity index (χ0n) is 19.8. The minimum absolute atomic E-state index is 0.0515. The van der Waals surface area contributed by atoms with E-state index in [1.54, 1.807) is 0 Å². The van der Waals surface area contributed by atoms with E-state index in [4.69, 9.17) is 16.5 Å². The number of anilines is 4. The molecule has 6 aliphatic rings. The van der Waals surface area contributed by atoms with Gasteiger partial charge in [0.05, 0.1) is 23.4 Å². The number of carbonyl (C=O) groups is 1. The molecule has 1 amide bonds. The summed E-state index contributed by atoms with van der Waals surface area (Å²) in [5.41, 5.74) is 13.8. The zero-order chi connectivity index (χ0) is 24.1. The van der Waals surface area contributed by atoms with Crippen molar-refractivity contribution in [3.8, 4) is 6.07 Å². The number of hydrogen-bond acceptors (Lipinski definition) is 8. The SMILES string of the molecule is N#Cc1c(N2CCC[C@@H](O)C2)nc(N)c2c(N)nc3c(c12)CC(=O)N3C12CC3CC(CC(C3)C1)C2. The summed E-state index contributed by atoms with van der Waals surface area (Å²) in [7, 11) is 0. The van der Waals surface area contributed by atoms with Gasteiger partial charge in [0.15, 0.2) is 0 Å². The minimum atomic E-state index is -0.476. The fraction of sp³-hybridized carbons (Fsp3) is 0.615. The summed E-state index contributed by atoms with van der Waals surface area (Å²) < 4.78 is 0. The lowest BCUT2D eigenvalue weighted by Gasteiger charge is -2.59. The van der Waals surface area contributed by atoms with Crippen LogP contribution in [0.1, 0.15) is 62.5 Å². The molecule has 0 radical (unpaired) electrons. The Balaban J connectivity index is 1.43. The van der Waals surface area contributed by atoms with E-state index in [2.05, 4.69) is 11.1 Å². The molecule has 4 aliphatic carbocycles. The van der Waals surface area contributed by atoms with Crippen molar-refractivity contribution in [3.63, 3.8) is 0 Å². The topological polar surface area (TPSA) is 145 Å². The number of rotatable bonds is 2. The molecule has 0 spiro atoms. The third-order valence-electron chi connectivity index (χ3n) is 9.34. The van der Waals surface area contributed by atoms with E-state index in [9.17, 15) is 15.2 Å². The van der Waals surface area contributed by atoms with Crippen LogP contribution in [0.4, 0.5) is 23.3 Å². The summed E-state index contributed by atoms with van der Waals surface area (Å²) >= 11 is 0. The Morgan fingerprint density at radius 3 is 2.23 bits per heavy atom. The summed E-state index contributed by atoms with van der Waals surface area (Å²) in [5.74, 6) is 3.61. The van der Waals surface area contributed by atoms with E-state index in [1.807, 2.05) is 9.80 Å². The highest BCUT2D eigenvalue weighted by molar-refractivity contribution is 6.13. The highest BCUT2D eigenvalue weighted by Gasteiger charge is 2.57. The Kier molecular flexibility index (Phi) is 4.36. The molecule has 9 nitrogen and oxygen atoms in total. The number of nitriles is 1. The van der Waals surface area contributed by atoms with Crippen molar-refractivity contribution in [1.82, 2.24) is 9.97 Å². The van der Waals surface area contributed by atoms with Crippen molar-refractivity contribution in [3.05, 3.63) is 11.1 Å². The molecular weight excluding hydrogens is 442 g/mol. The number of pyridine rings is 2. The molecule has 1 atom stereocenters. The van der Waals surface area contributed by atoms with Crippen LogP contribution in [0.2, 0.25) is 0 Å². The number of aromatic nitrogens is 2. The van der Waals surface area contributed by atoms with Gasteiger partial charge in [0.25, 0.3) is 0 Å². The molecule has 0 aromatic carbocycles. The lowest BCUT2D eigenvalue weighted by atomic mass is 9.52. The quantitative estimate of drug-likeness (QED) is 0.603. The van der Waals surface area contributed by atoms with Gasteiger partial charge in [0, 0.05) is 24.0 Å². The molecule has 35 heavy (non-hydrogen) atoms. The van der Waals surface area contributed by atoms with Gasteiger partial charge < -0.3 is 21.5 Å². The van der Waals surface area contributed by atoms with E-state index < -0.39 is 6.10 Å². The number of nitrogens with zero attached hydrogens (tertiary/aromatic N) is 5. The maximum atomic E-state index is 13.7. The average Bonchev–Trinajstić information content (AvgIpc) is 3.14. The first kappa shape index (κ1) is 21.2. The molecule has 4 saturated carbocycles. The standard InChI is InChI=1S/C26H31N7O2/c27-11-18-20-17-7-19(35)33(26-8-13-4-14(9-26)6-15(5-13)10-26)25(17)31-23(29)21(20)22(28)30-24(18)32-3-1-2-16(34)12-32/h13-16,34H,1-10,12H2,(H2,28,30)(H2,29,31)/t13?,14?,15?,16-,26?/m1/s1. The van der Waals surface area contributed by atoms with E-state index in [1.165, 1.54) is 19.3 Å². The second-order valence-electron chi connectivity index (χ2n) is 11.6. The van der Waals surface area contributed by atoms with Crippen LogP contribution in [0.25, 0.3) is 10.8 Å². The number of nitrogens with two attached hydrogens (primary N) is 2. The van der Waals surface area contributed by atoms with Crippen LogP contribution in [0.15, 0.2) is 0 Å². The Hall–Kier alpha value is -3.12. The molecule has 1 saturated heterocycles. The van der Waals surface area contributed by atoms with Crippen molar-refractivity contribution in [2.75, 3.05) is 34.4 Å². The van der Waals surface area contributed by atoms with Gasteiger partial charge in [0.2, 0.25) is 5.91 Å². The first-order valence-corrected chi connectivity index (χ1v) is 12.9. The molecule has 5 N–H and O–H groups in total. The fourth-order valence-corrected chi connectivity index (χ4v) is 8.51. The fourth-order valence-electron chi connectivity index (χ4n) is 8.51. The van der Waals surface area contributed by atoms with Gasteiger partial charge in [0.1, 0.15) is 34.9 Å². The summed E-state index contributed by atoms with van der Waals surface area (Å²) in [6, 6.07) is 2.35. The highest BCUT2D eigenvalue weighted by Crippen LogP contribution is 2.59. The molecule has 2 aliphatic heterocycles. The van der Waals surface area contributed by atoms with Crippen LogP contribution in [-0.2, 0) is 11.2 Å². The van der Waals surface area contributed by atoms with E-state index in [0.29, 0.717) is 58.8 Å². The van der Waals surface area contributed by atoms with Gasteiger partial charge in [-0.3, -0.25) is 9.69 Å². The third kappa shape index (κ3) is 2.92. The van der Waals surface area contributed by atoms with Crippen LogP contribution in [0, 0.1) is 29.1 Å². The van der Waals surface area contributed by atoms with Crippen molar-refractivity contribution >= 4 is 40.0 Å². The van der Waals surface area contributed by atoms with Crippen molar-refractivity contribution in [1.29, 1.82) is 5.26 Å². The summed E-state index contributed by atoms with van der Waals surface area (Å²) in [6.07, 6.45) is 8.20.